The van der Waals surface area contributed by atoms with E-state index in [1.165, 1.54) is 31.4 Å². The first-order chi connectivity index (χ1) is 7.34. The van der Waals surface area contributed by atoms with Gasteiger partial charge in [0.05, 0.1) is 0 Å². The quantitative estimate of drug-likeness (QED) is 0.652. The van der Waals surface area contributed by atoms with Gasteiger partial charge in [-0.25, -0.2) is 0 Å². The molecule has 0 bridgehead atoms. The Kier molecular flexibility index (Phi) is 4.40. The zero-order valence-electron chi connectivity index (χ0n) is 11.9. The van der Waals surface area contributed by atoms with Crippen LogP contribution < -0.4 is 0 Å². The van der Waals surface area contributed by atoms with Crippen molar-refractivity contribution in [1.82, 2.24) is 5.01 Å². The van der Waals surface area contributed by atoms with Crippen molar-refractivity contribution in [3.8, 4) is 0 Å². The van der Waals surface area contributed by atoms with Crippen LogP contribution in [0.4, 0.5) is 0 Å². The van der Waals surface area contributed by atoms with E-state index in [0.717, 1.165) is 5.92 Å². The number of rotatable bonds is 2. The summed E-state index contributed by atoms with van der Waals surface area (Å²) in [6.45, 7) is 9.41. The summed E-state index contributed by atoms with van der Waals surface area (Å²) < 4.78 is 0. The van der Waals surface area contributed by atoms with E-state index in [9.17, 15) is 0 Å². The molecular weight excluding hydrogens is 196 g/mol. The Labute approximate surface area is 101 Å². The normalized spacial score (nSPS) is 29.5. The molecule has 1 fully saturated rings. The average Bonchev–Trinajstić information content (AvgIpc) is 2.15. The van der Waals surface area contributed by atoms with Crippen molar-refractivity contribution in [1.29, 1.82) is 0 Å². The van der Waals surface area contributed by atoms with Gasteiger partial charge in [0, 0.05) is 19.8 Å². The maximum absolute atomic E-state index is 4.66. The van der Waals surface area contributed by atoms with Gasteiger partial charge in [0.2, 0.25) is 0 Å². The van der Waals surface area contributed by atoms with Crippen molar-refractivity contribution in [2.24, 2.45) is 22.4 Å². The van der Waals surface area contributed by atoms with E-state index in [0.29, 0.717) is 11.3 Å². The maximum atomic E-state index is 4.66. The topological polar surface area (TPSA) is 15.6 Å². The highest BCUT2D eigenvalue weighted by Crippen LogP contribution is 2.40. The third-order valence-electron chi connectivity index (χ3n) is 3.84. The van der Waals surface area contributed by atoms with Crippen LogP contribution in [0, 0.1) is 17.3 Å². The number of hydrazone groups is 1. The zero-order chi connectivity index (χ0) is 12.3. The number of nitrogens with zero attached hydrogens (tertiary/aromatic N) is 2. The van der Waals surface area contributed by atoms with Crippen LogP contribution >= 0.6 is 0 Å². The molecule has 1 aliphatic rings. The predicted octanol–water partition coefficient (Wildman–Crippen LogP) is 3.78. The molecule has 0 N–H and O–H groups in total. The van der Waals surface area contributed by atoms with Crippen LogP contribution in [0.25, 0.3) is 0 Å². The predicted molar refractivity (Wildman–Crippen MR) is 71.7 cm³/mol. The average molecular weight is 224 g/mol. The van der Waals surface area contributed by atoms with Gasteiger partial charge >= 0.3 is 0 Å². The van der Waals surface area contributed by atoms with Gasteiger partial charge in [-0.3, -0.25) is 0 Å². The van der Waals surface area contributed by atoms with Gasteiger partial charge in [0.1, 0.15) is 0 Å². The minimum absolute atomic E-state index is 0.455. The summed E-state index contributed by atoms with van der Waals surface area (Å²) in [7, 11) is 4.05. The second kappa shape index (κ2) is 5.20. The molecule has 0 saturated heterocycles. The van der Waals surface area contributed by atoms with Gasteiger partial charge < -0.3 is 5.01 Å². The molecule has 0 unspecified atom stereocenters. The standard InChI is InChI=1S/C14H28N2/c1-7-11-10-12(14(2,3)4)8-9-13(11)15-16(5)6/h11-12H,7-10H2,1-6H3/b15-13+/t11-,12-/m0/s1. The lowest BCUT2D eigenvalue weighted by atomic mass is 9.68. The lowest BCUT2D eigenvalue weighted by Gasteiger charge is -2.38. The zero-order valence-corrected chi connectivity index (χ0v) is 11.9. The van der Waals surface area contributed by atoms with Crippen molar-refractivity contribution in [3.05, 3.63) is 0 Å². The summed E-state index contributed by atoms with van der Waals surface area (Å²) in [6.07, 6.45) is 5.07. The monoisotopic (exact) mass is 224 g/mol. The molecule has 0 heterocycles. The van der Waals surface area contributed by atoms with Crippen LogP contribution in [-0.4, -0.2) is 24.8 Å². The Hall–Kier alpha value is -0.530. The first-order valence-corrected chi connectivity index (χ1v) is 6.59. The van der Waals surface area contributed by atoms with E-state index < -0.39 is 0 Å². The van der Waals surface area contributed by atoms with E-state index in [1.807, 2.05) is 19.1 Å². The van der Waals surface area contributed by atoms with E-state index in [4.69, 9.17) is 0 Å². The Bertz CT molecular complexity index is 248. The number of hydrogen-bond acceptors (Lipinski definition) is 2. The Balaban J connectivity index is 2.72. The largest absolute Gasteiger partial charge is 0.303 e. The molecule has 2 atom stereocenters. The second-order valence-electron chi connectivity index (χ2n) is 6.38. The van der Waals surface area contributed by atoms with Crippen LogP contribution in [0.2, 0.25) is 0 Å². The molecule has 2 nitrogen and oxygen atoms in total. The summed E-state index contributed by atoms with van der Waals surface area (Å²) in [5.41, 5.74) is 1.88. The van der Waals surface area contributed by atoms with Crippen LogP contribution in [0.5, 0.6) is 0 Å². The first kappa shape index (κ1) is 13.5. The molecule has 0 spiro atoms. The molecule has 0 aliphatic heterocycles. The van der Waals surface area contributed by atoms with Crippen LogP contribution in [0.15, 0.2) is 5.10 Å². The lowest BCUT2D eigenvalue weighted by molar-refractivity contribution is 0.184. The fourth-order valence-corrected chi connectivity index (χ4v) is 2.70. The first-order valence-electron chi connectivity index (χ1n) is 6.59. The van der Waals surface area contributed by atoms with Gasteiger partial charge in [0.25, 0.3) is 0 Å². The number of hydrogen-bond donors (Lipinski definition) is 0. The van der Waals surface area contributed by atoms with E-state index >= 15 is 0 Å². The molecule has 1 saturated carbocycles. The van der Waals surface area contributed by atoms with Crippen molar-refractivity contribution >= 4 is 5.71 Å². The SMILES string of the molecule is CC[C@H]1C[C@@H](C(C)(C)C)CC/C1=N\N(C)C. The van der Waals surface area contributed by atoms with Gasteiger partial charge in [-0.2, -0.15) is 5.10 Å². The molecule has 0 aromatic rings. The summed E-state index contributed by atoms with van der Waals surface area (Å²) in [4.78, 5) is 0. The van der Waals surface area contributed by atoms with Gasteiger partial charge in [-0.1, -0.05) is 27.7 Å². The fourth-order valence-electron chi connectivity index (χ4n) is 2.70. The summed E-state index contributed by atoms with van der Waals surface area (Å²) in [5.74, 6) is 1.57. The van der Waals surface area contributed by atoms with Crippen molar-refractivity contribution < 1.29 is 0 Å². The lowest BCUT2D eigenvalue weighted by Crippen LogP contribution is -2.32. The third kappa shape index (κ3) is 3.50. The molecular formula is C14H28N2. The van der Waals surface area contributed by atoms with Gasteiger partial charge in [-0.05, 0) is 42.9 Å². The van der Waals surface area contributed by atoms with Crippen LogP contribution in [0.3, 0.4) is 0 Å². The molecule has 0 aromatic heterocycles. The second-order valence-corrected chi connectivity index (χ2v) is 6.38. The van der Waals surface area contributed by atoms with E-state index in [2.05, 4.69) is 32.8 Å². The highest BCUT2D eigenvalue weighted by molar-refractivity contribution is 5.87. The minimum atomic E-state index is 0.455. The molecule has 2 heteroatoms. The van der Waals surface area contributed by atoms with Gasteiger partial charge in [0.15, 0.2) is 0 Å². The Morgan fingerprint density at radius 1 is 1.31 bits per heavy atom. The fraction of sp³-hybridized carbons (Fsp3) is 0.929. The molecule has 94 valence electrons. The van der Waals surface area contributed by atoms with Crippen molar-refractivity contribution in [3.63, 3.8) is 0 Å². The summed E-state index contributed by atoms with van der Waals surface area (Å²) in [6, 6.07) is 0. The van der Waals surface area contributed by atoms with Crippen molar-refractivity contribution in [2.45, 2.75) is 53.4 Å². The maximum Gasteiger partial charge on any atom is 0.0411 e. The molecule has 1 rings (SSSR count). The third-order valence-corrected chi connectivity index (χ3v) is 3.84. The Morgan fingerprint density at radius 3 is 2.38 bits per heavy atom. The summed E-state index contributed by atoms with van der Waals surface area (Å²) >= 11 is 0. The van der Waals surface area contributed by atoms with Crippen molar-refractivity contribution in [2.75, 3.05) is 14.1 Å². The summed E-state index contributed by atoms with van der Waals surface area (Å²) in [5, 5.41) is 6.61. The molecule has 0 radical (unpaired) electrons. The minimum Gasteiger partial charge on any atom is -0.303 e. The highest BCUT2D eigenvalue weighted by atomic mass is 15.4. The molecule has 16 heavy (non-hydrogen) atoms. The molecule has 0 aromatic carbocycles. The highest BCUT2D eigenvalue weighted by Gasteiger charge is 2.33. The van der Waals surface area contributed by atoms with Crippen LogP contribution in [-0.2, 0) is 0 Å². The molecule has 1 aliphatic carbocycles. The molecule has 0 amide bonds. The smallest absolute Gasteiger partial charge is 0.0411 e. The Morgan fingerprint density at radius 2 is 1.94 bits per heavy atom. The van der Waals surface area contributed by atoms with E-state index in [1.54, 1.807) is 0 Å². The van der Waals surface area contributed by atoms with Gasteiger partial charge in [-0.15, -0.1) is 0 Å². The van der Waals surface area contributed by atoms with Crippen LogP contribution in [0.1, 0.15) is 53.4 Å². The van der Waals surface area contributed by atoms with E-state index in [-0.39, 0.29) is 0 Å².